The van der Waals surface area contributed by atoms with Crippen LogP contribution < -0.4 is 0 Å². The monoisotopic (exact) mass is 307 g/mol. The Labute approximate surface area is 139 Å². The normalized spacial score (nSPS) is 14.7. The van der Waals surface area contributed by atoms with Crippen LogP contribution in [0.2, 0.25) is 0 Å². The van der Waals surface area contributed by atoms with E-state index < -0.39 is 0 Å². The van der Waals surface area contributed by atoms with Gasteiger partial charge in [0.15, 0.2) is 0 Å². The summed E-state index contributed by atoms with van der Waals surface area (Å²) in [6.07, 6.45) is 6.17. The molecule has 0 radical (unpaired) electrons. The van der Waals surface area contributed by atoms with Crippen molar-refractivity contribution in [1.29, 1.82) is 0 Å². The minimum absolute atomic E-state index is 0.335. The average molecular weight is 307 g/mol. The lowest BCUT2D eigenvalue weighted by atomic mass is 9.96. The quantitative estimate of drug-likeness (QED) is 0.785. The highest BCUT2D eigenvalue weighted by Crippen LogP contribution is 2.24. The molecule has 1 saturated heterocycles. The number of carbonyl (C=O) groups excluding carboxylic acids is 1. The van der Waals surface area contributed by atoms with Gasteiger partial charge in [0.2, 0.25) is 5.91 Å². The first-order valence-electron chi connectivity index (χ1n) is 8.76. The third-order valence-corrected chi connectivity index (χ3v) is 4.65. The van der Waals surface area contributed by atoms with E-state index >= 15 is 0 Å². The van der Waals surface area contributed by atoms with Gasteiger partial charge in [-0.25, -0.2) is 0 Å². The molecule has 1 aliphatic heterocycles. The zero-order chi connectivity index (χ0) is 15.9. The van der Waals surface area contributed by atoms with Crippen LogP contribution in [0.5, 0.6) is 0 Å². The highest BCUT2D eigenvalue weighted by molar-refractivity contribution is 5.76. The largest absolute Gasteiger partial charge is 0.343 e. The van der Waals surface area contributed by atoms with Crippen molar-refractivity contribution in [1.82, 2.24) is 4.90 Å². The fraction of sp³-hybridized carbons (Fsp3) is 0.381. The number of amides is 1. The average Bonchev–Trinajstić information content (AvgIpc) is 2.63. The number of rotatable bonds is 5. The molecular formula is C21H25NO. The summed E-state index contributed by atoms with van der Waals surface area (Å²) in [6.45, 7) is 1.92. The van der Waals surface area contributed by atoms with Gasteiger partial charge < -0.3 is 4.90 Å². The van der Waals surface area contributed by atoms with E-state index in [1.807, 2.05) is 11.0 Å². The minimum atomic E-state index is 0.335. The maximum atomic E-state index is 12.3. The van der Waals surface area contributed by atoms with Crippen LogP contribution in [0, 0.1) is 0 Å². The van der Waals surface area contributed by atoms with Gasteiger partial charge in [0.25, 0.3) is 0 Å². The highest BCUT2D eigenvalue weighted by Gasteiger charge is 2.16. The van der Waals surface area contributed by atoms with Crippen molar-refractivity contribution in [2.45, 2.75) is 38.5 Å². The van der Waals surface area contributed by atoms with Gasteiger partial charge in [0.05, 0.1) is 0 Å². The first-order chi connectivity index (χ1) is 11.3. The fourth-order valence-electron chi connectivity index (χ4n) is 3.37. The number of hydrogen-bond acceptors (Lipinski definition) is 1. The standard InChI is InChI=1S/C21H25NO/c23-21(22-16-7-2-8-17-22)15-9-13-19-12-5-6-14-20(19)18-10-3-1-4-11-18/h1,3-6,10-12,14H,2,7-9,13,15-17H2. The predicted octanol–water partition coefficient (Wildman–Crippen LogP) is 4.69. The number of nitrogens with zero attached hydrogens (tertiary/aromatic N) is 1. The SMILES string of the molecule is O=C(CCCc1ccccc1-c1ccccc1)N1CCCCC1. The number of carbonyl (C=O) groups is 1. The van der Waals surface area contributed by atoms with Crippen molar-refractivity contribution in [3.05, 3.63) is 60.2 Å². The molecule has 0 spiro atoms. The van der Waals surface area contributed by atoms with E-state index in [1.54, 1.807) is 0 Å². The van der Waals surface area contributed by atoms with Crippen molar-refractivity contribution in [2.75, 3.05) is 13.1 Å². The molecule has 2 aromatic carbocycles. The number of piperidine rings is 1. The molecule has 2 nitrogen and oxygen atoms in total. The summed E-state index contributed by atoms with van der Waals surface area (Å²) in [4.78, 5) is 14.3. The van der Waals surface area contributed by atoms with Crippen LogP contribution in [-0.4, -0.2) is 23.9 Å². The van der Waals surface area contributed by atoms with Crippen LogP contribution in [-0.2, 0) is 11.2 Å². The van der Waals surface area contributed by atoms with Gasteiger partial charge >= 0.3 is 0 Å². The van der Waals surface area contributed by atoms with Crippen molar-refractivity contribution in [3.8, 4) is 11.1 Å². The molecule has 2 aromatic rings. The van der Waals surface area contributed by atoms with E-state index in [2.05, 4.69) is 48.5 Å². The van der Waals surface area contributed by atoms with E-state index in [-0.39, 0.29) is 0 Å². The minimum Gasteiger partial charge on any atom is -0.343 e. The molecule has 1 amide bonds. The molecule has 0 N–H and O–H groups in total. The van der Waals surface area contributed by atoms with Crippen molar-refractivity contribution in [3.63, 3.8) is 0 Å². The summed E-state index contributed by atoms with van der Waals surface area (Å²) >= 11 is 0. The van der Waals surface area contributed by atoms with Crippen molar-refractivity contribution in [2.24, 2.45) is 0 Å². The fourth-order valence-corrected chi connectivity index (χ4v) is 3.37. The van der Waals surface area contributed by atoms with Gasteiger partial charge in [-0.15, -0.1) is 0 Å². The van der Waals surface area contributed by atoms with Crippen LogP contribution in [0.1, 0.15) is 37.7 Å². The lowest BCUT2D eigenvalue weighted by Gasteiger charge is -2.26. The van der Waals surface area contributed by atoms with E-state index in [4.69, 9.17) is 0 Å². The summed E-state index contributed by atoms with van der Waals surface area (Å²) in [5, 5.41) is 0. The van der Waals surface area contributed by atoms with Crippen molar-refractivity contribution < 1.29 is 4.79 Å². The van der Waals surface area contributed by atoms with Gasteiger partial charge in [0, 0.05) is 19.5 Å². The molecule has 1 aliphatic rings. The van der Waals surface area contributed by atoms with Crippen LogP contribution in [0.3, 0.4) is 0 Å². The van der Waals surface area contributed by atoms with Gasteiger partial charge in [-0.3, -0.25) is 4.79 Å². The molecule has 0 aromatic heterocycles. The van der Waals surface area contributed by atoms with E-state index in [0.717, 1.165) is 25.9 Å². The van der Waals surface area contributed by atoms with E-state index in [9.17, 15) is 4.79 Å². The summed E-state index contributed by atoms with van der Waals surface area (Å²) in [6, 6.07) is 19.0. The Morgan fingerprint density at radius 3 is 2.35 bits per heavy atom. The summed E-state index contributed by atoms with van der Waals surface area (Å²) in [7, 11) is 0. The molecule has 1 fully saturated rings. The second-order valence-corrected chi connectivity index (χ2v) is 6.32. The van der Waals surface area contributed by atoms with Crippen LogP contribution in [0.25, 0.3) is 11.1 Å². The third-order valence-electron chi connectivity index (χ3n) is 4.65. The second kappa shape index (κ2) is 7.96. The molecular weight excluding hydrogens is 282 g/mol. The van der Waals surface area contributed by atoms with E-state index in [0.29, 0.717) is 12.3 Å². The maximum absolute atomic E-state index is 12.3. The summed E-state index contributed by atoms with van der Waals surface area (Å²) in [5.41, 5.74) is 3.88. The lowest BCUT2D eigenvalue weighted by Crippen LogP contribution is -2.35. The summed E-state index contributed by atoms with van der Waals surface area (Å²) < 4.78 is 0. The smallest absolute Gasteiger partial charge is 0.222 e. The number of aryl methyl sites for hydroxylation is 1. The Morgan fingerprint density at radius 2 is 1.57 bits per heavy atom. The maximum Gasteiger partial charge on any atom is 0.222 e. The Hall–Kier alpha value is -2.09. The Bertz CT molecular complexity index is 629. The molecule has 120 valence electrons. The van der Waals surface area contributed by atoms with Gasteiger partial charge in [-0.05, 0) is 48.8 Å². The highest BCUT2D eigenvalue weighted by atomic mass is 16.2. The van der Waals surface area contributed by atoms with E-state index in [1.165, 1.54) is 36.0 Å². The second-order valence-electron chi connectivity index (χ2n) is 6.32. The van der Waals surface area contributed by atoms with Crippen molar-refractivity contribution >= 4 is 5.91 Å². The lowest BCUT2D eigenvalue weighted by molar-refractivity contribution is -0.132. The zero-order valence-electron chi connectivity index (χ0n) is 13.7. The Balaban J connectivity index is 1.59. The van der Waals surface area contributed by atoms with Gasteiger partial charge in [-0.1, -0.05) is 54.6 Å². The van der Waals surface area contributed by atoms with Crippen LogP contribution in [0.15, 0.2) is 54.6 Å². The van der Waals surface area contributed by atoms with Crippen LogP contribution >= 0.6 is 0 Å². The number of likely N-dealkylation sites (tertiary alicyclic amines) is 1. The molecule has 3 rings (SSSR count). The molecule has 0 aliphatic carbocycles. The molecule has 0 bridgehead atoms. The molecule has 23 heavy (non-hydrogen) atoms. The summed E-state index contributed by atoms with van der Waals surface area (Å²) in [5.74, 6) is 0.335. The molecule has 0 unspecified atom stereocenters. The molecule has 0 atom stereocenters. The molecule has 0 saturated carbocycles. The molecule has 1 heterocycles. The Morgan fingerprint density at radius 1 is 0.870 bits per heavy atom. The molecule has 2 heteroatoms. The van der Waals surface area contributed by atoms with Gasteiger partial charge in [-0.2, -0.15) is 0 Å². The topological polar surface area (TPSA) is 20.3 Å². The van der Waals surface area contributed by atoms with Gasteiger partial charge in [0.1, 0.15) is 0 Å². The predicted molar refractivity (Wildman–Crippen MR) is 95.2 cm³/mol. The zero-order valence-corrected chi connectivity index (χ0v) is 13.7. The van der Waals surface area contributed by atoms with Crippen LogP contribution in [0.4, 0.5) is 0 Å². The number of benzene rings is 2. The first-order valence-corrected chi connectivity index (χ1v) is 8.76. The Kier molecular flexibility index (Phi) is 5.46. The first kappa shape index (κ1) is 15.8. The third kappa shape index (κ3) is 4.22. The number of hydrogen-bond donors (Lipinski definition) is 0.